The van der Waals surface area contributed by atoms with Gasteiger partial charge in [0.05, 0.1) is 34.6 Å². The summed E-state index contributed by atoms with van der Waals surface area (Å²) in [5, 5.41) is 13.9. The fourth-order valence-electron chi connectivity index (χ4n) is 4.80. The van der Waals surface area contributed by atoms with Gasteiger partial charge in [0.15, 0.2) is 0 Å². The zero-order valence-corrected chi connectivity index (χ0v) is 23.3. The second kappa shape index (κ2) is 10.8. The Morgan fingerprint density at radius 3 is 2.50 bits per heavy atom. The van der Waals surface area contributed by atoms with Crippen LogP contribution in [-0.4, -0.2) is 25.1 Å². The number of hydrogen-bond donors (Lipinski definition) is 3. The lowest BCUT2D eigenvalue weighted by atomic mass is 9.91. The Bertz CT molecular complexity index is 1830. The molecule has 3 N–H and O–H groups in total. The van der Waals surface area contributed by atoms with Crippen LogP contribution in [0, 0.1) is 11.2 Å². The van der Waals surface area contributed by atoms with Gasteiger partial charge < -0.3 is 10.3 Å². The number of nitrogens with one attached hydrogen (secondary N) is 3. The fraction of sp³-hybridized carbons (Fsp3) is 0.182. The monoisotopic (exact) mass is 532 g/mol. The lowest BCUT2D eigenvalue weighted by Crippen LogP contribution is -2.23. The van der Waals surface area contributed by atoms with Gasteiger partial charge in [0, 0.05) is 39.8 Å². The van der Waals surface area contributed by atoms with Gasteiger partial charge in [0.1, 0.15) is 11.5 Å². The van der Waals surface area contributed by atoms with Crippen LogP contribution in [0.5, 0.6) is 0 Å². The highest BCUT2D eigenvalue weighted by atomic mass is 19.1. The van der Waals surface area contributed by atoms with E-state index < -0.39 is 0 Å². The van der Waals surface area contributed by atoms with E-state index in [0.717, 1.165) is 72.9 Å². The van der Waals surface area contributed by atoms with E-state index in [1.54, 1.807) is 36.9 Å². The quantitative estimate of drug-likeness (QED) is 0.215. The van der Waals surface area contributed by atoms with Gasteiger partial charge in [-0.2, -0.15) is 5.10 Å². The molecule has 4 heterocycles. The van der Waals surface area contributed by atoms with Crippen LogP contribution < -0.4 is 15.9 Å². The van der Waals surface area contributed by atoms with Crippen molar-refractivity contribution < 1.29 is 4.39 Å². The molecule has 0 aliphatic heterocycles. The molecule has 40 heavy (non-hydrogen) atoms. The normalized spacial score (nSPS) is 12.7. The molecule has 0 unspecified atom stereocenters. The van der Waals surface area contributed by atoms with Gasteiger partial charge in [-0.25, -0.2) is 4.39 Å². The first kappa shape index (κ1) is 26.8. The SMILES string of the molecule is C=C(CC(C)(C)C)Nc1cncc(C(=C)/C=c2/c(-c3cc4c(-c5ccc(F)cc5)cncc4[nH]3)n[nH]/c2=C/C)c1. The van der Waals surface area contributed by atoms with Gasteiger partial charge in [-0.05, 0) is 60.2 Å². The van der Waals surface area contributed by atoms with Crippen molar-refractivity contribution in [3.8, 4) is 22.5 Å². The van der Waals surface area contributed by atoms with E-state index in [1.165, 1.54) is 12.1 Å². The lowest BCUT2D eigenvalue weighted by Gasteiger charge is -2.20. The highest BCUT2D eigenvalue weighted by Crippen LogP contribution is 2.31. The van der Waals surface area contributed by atoms with E-state index in [4.69, 9.17) is 0 Å². The number of pyridine rings is 2. The molecule has 0 amide bonds. The van der Waals surface area contributed by atoms with Crippen LogP contribution in [0.4, 0.5) is 10.1 Å². The first-order chi connectivity index (χ1) is 19.1. The zero-order valence-electron chi connectivity index (χ0n) is 23.3. The van der Waals surface area contributed by atoms with Gasteiger partial charge in [0.25, 0.3) is 0 Å². The molecule has 5 rings (SSSR count). The summed E-state index contributed by atoms with van der Waals surface area (Å²) in [6.07, 6.45) is 12.0. The molecule has 5 aromatic rings. The maximum absolute atomic E-state index is 13.5. The van der Waals surface area contributed by atoms with Gasteiger partial charge in [0.2, 0.25) is 0 Å². The number of nitrogens with zero attached hydrogens (tertiary/aromatic N) is 3. The maximum Gasteiger partial charge on any atom is 0.123 e. The molecular formula is C33H33FN6. The van der Waals surface area contributed by atoms with Crippen LogP contribution in [-0.2, 0) is 0 Å². The third-order valence-electron chi connectivity index (χ3n) is 6.57. The van der Waals surface area contributed by atoms with Gasteiger partial charge >= 0.3 is 0 Å². The minimum absolute atomic E-state index is 0.135. The molecule has 0 saturated heterocycles. The number of aromatic nitrogens is 5. The summed E-state index contributed by atoms with van der Waals surface area (Å²) in [6, 6.07) is 10.5. The maximum atomic E-state index is 13.5. The third kappa shape index (κ3) is 5.78. The number of hydrogen-bond acceptors (Lipinski definition) is 4. The van der Waals surface area contributed by atoms with Crippen molar-refractivity contribution in [1.82, 2.24) is 25.1 Å². The molecule has 202 valence electrons. The summed E-state index contributed by atoms with van der Waals surface area (Å²) < 4.78 is 13.5. The molecule has 0 aliphatic rings. The summed E-state index contributed by atoms with van der Waals surface area (Å²) in [5.74, 6) is -0.273. The number of rotatable bonds is 7. The molecule has 4 aromatic heterocycles. The standard InChI is InChI=1S/C33H33FN6/c1-7-29-27(12-20(2)23-13-25(17-35-16-23)37-21(3)15-33(4,5)6)32(40-39-29)30-14-26-28(18-36-19-31(26)38-30)22-8-10-24(34)11-9-22/h7-14,16-19,37-39H,2-3,15H2,1,4-6H3/b27-12+,29-7+. The zero-order chi connectivity index (χ0) is 28.4. The molecule has 0 radical (unpaired) electrons. The predicted molar refractivity (Wildman–Crippen MR) is 163 cm³/mol. The van der Waals surface area contributed by atoms with E-state index in [0.29, 0.717) is 0 Å². The molecule has 6 nitrogen and oxygen atoms in total. The van der Waals surface area contributed by atoms with E-state index >= 15 is 0 Å². The van der Waals surface area contributed by atoms with Crippen LogP contribution in [0.3, 0.4) is 0 Å². The number of aromatic amines is 2. The second-order valence-corrected chi connectivity index (χ2v) is 11.1. The molecule has 7 heteroatoms. The summed E-state index contributed by atoms with van der Waals surface area (Å²) in [4.78, 5) is 12.3. The molecule has 0 fully saturated rings. The fourth-order valence-corrected chi connectivity index (χ4v) is 4.80. The molecule has 0 atom stereocenters. The topological polar surface area (TPSA) is 82.3 Å². The highest BCUT2D eigenvalue weighted by Gasteiger charge is 2.14. The largest absolute Gasteiger partial charge is 0.358 e. The molecular weight excluding hydrogens is 499 g/mol. The van der Waals surface area contributed by atoms with Crippen LogP contribution in [0.25, 0.3) is 51.1 Å². The minimum Gasteiger partial charge on any atom is -0.358 e. The van der Waals surface area contributed by atoms with Crippen LogP contribution in [0.1, 0.15) is 39.7 Å². The number of H-pyrrole nitrogens is 2. The lowest BCUT2D eigenvalue weighted by molar-refractivity contribution is 0.411. The Hall–Kier alpha value is -4.78. The Morgan fingerprint density at radius 2 is 1.77 bits per heavy atom. The highest BCUT2D eigenvalue weighted by molar-refractivity contribution is 5.97. The van der Waals surface area contributed by atoms with Crippen LogP contribution in [0.15, 0.2) is 80.0 Å². The number of benzene rings is 1. The Morgan fingerprint density at radius 1 is 1.02 bits per heavy atom. The second-order valence-electron chi connectivity index (χ2n) is 11.1. The molecule has 0 spiro atoms. The first-order valence-corrected chi connectivity index (χ1v) is 13.2. The smallest absolute Gasteiger partial charge is 0.123 e. The Labute approximate surface area is 233 Å². The van der Waals surface area contributed by atoms with E-state index in [2.05, 4.69) is 70.5 Å². The third-order valence-corrected chi connectivity index (χ3v) is 6.57. The van der Waals surface area contributed by atoms with Crippen molar-refractivity contribution in [3.63, 3.8) is 0 Å². The summed E-state index contributed by atoms with van der Waals surface area (Å²) in [6.45, 7) is 17.0. The van der Waals surface area contributed by atoms with Crippen molar-refractivity contribution in [2.24, 2.45) is 5.41 Å². The number of halogens is 1. The molecule has 0 bridgehead atoms. The Kier molecular flexibility index (Phi) is 7.22. The van der Waals surface area contributed by atoms with Crippen molar-refractivity contribution >= 4 is 34.3 Å². The average molecular weight is 533 g/mol. The number of allylic oxidation sites excluding steroid dienone is 2. The van der Waals surface area contributed by atoms with Gasteiger partial charge in [-0.15, -0.1) is 0 Å². The van der Waals surface area contributed by atoms with Crippen molar-refractivity contribution in [2.45, 2.75) is 34.1 Å². The number of anilines is 1. The van der Waals surface area contributed by atoms with E-state index in [-0.39, 0.29) is 11.2 Å². The summed E-state index contributed by atoms with van der Waals surface area (Å²) in [7, 11) is 0. The first-order valence-electron chi connectivity index (χ1n) is 13.2. The number of fused-ring (bicyclic) bond motifs is 1. The van der Waals surface area contributed by atoms with Crippen molar-refractivity contribution in [2.75, 3.05) is 5.32 Å². The van der Waals surface area contributed by atoms with Gasteiger partial charge in [-0.3, -0.25) is 15.1 Å². The average Bonchev–Trinajstić information content (AvgIpc) is 3.51. The van der Waals surface area contributed by atoms with Crippen molar-refractivity contribution in [1.29, 1.82) is 0 Å². The molecule has 0 aliphatic carbocycles. The van der Waals surface area contributed by atoms with Crippen LogP contribution in [0.2, 0.25) is 0 Å². The molecule has 1 aromatic carbocycles. The summed E-state index contributed by atoms with van der Waals surface area (Å²) >= 11 is 0. The molecule has 0 saturated carbocycles. The Balaban J connectivity index is 1.52. The van der Waals surface area contributed by atoms with E-state index in [1.807, 2.05) is 25.1 Å². The van der Waals surface area contributed by atoms with E-state index in [9.17, 15) is 4.39 Å². The summed E-state index contributed by atoms with van der Waals surface area (Å²) in [5.41, 5.74) is 7.90. The predicted octanol–water partition coefficient (Wildman–Crippen LogP) is 6.81. The van der Waals surface area contributed by atoms with Crippen molar-refractivity contribution in [3.05, 3.63) is 102 Å². The van der Waals surface area contributed by atoms with Crippen LogP contribution >= 0.6 is 0 Å². The van der Waals surface area contributed by atoms with Gasteiger partial charge in [-0.1, -0.05) is 52.1 Å². The minimum atomic E-state index is -0.273.